The predicted molar refractivity (Wildman–Crippen MR) is 53.5 cm³/mol. The summed E-state index contributed by atoms with van der Waals surface area (Å²) in [6.45, 7) is 0.657. The van der Waals surface area contributed by atoms with Crippen molar-refractivity contribution in [2.75, 3.05) is 6.54 Å². The van der Waals surface area contributed by atoms with Gasteiger partial charge in [0, 0.05) is 12.6 Å². The van der Waals surface area contributed by atoms with E-state index in [9.17, 15) is 0 Å². The molecule has 1 fully saturated rings. The highest BCUT2D eigenvalue weighted by Crippen LogP contribution is 2.26. The van der Waals surface area contributed by atoms with Crippen LogP contribution in [0.2, 0.25) is 0 Å². The van der Waals surface area contributed by atoms with Gasteiger partial charge >= 0.3 is 0 Å². The van der Waals surface area contributed by atoms with Crippen molar-refractivity contribution in [2.45, 2.75) is 31.7 Å². The van der Waals surface area contributed by atoms with Crippen molar-refractivity contribution in [3.8, 4) is 0 Å². The molecular formula is C7H18Cl2N2. The maximum absolute atomic E-state index is 5.75. The maximum Gasteiger partial charge on any atom is 0.0191 e. The van der Waals surface area contributed by atoms with Gasteiger partial charge in [-0.25, -0.2) is 0 Å². The molecule has 1 saturated carbocycles. The largest absolute Gasteiger partial charge is 0.329 e. The Hall–Kier alpha value is 0.500. The van der Waals surface area contributed by atoms with Crippen LogP contribution in [-0.2, 0) is 0 Å². The molecule has 0 bridgehead atoms. The first-order valence-corrected chi connectivity index (χ1v) is 3.80. The lowest BCUT2D eigenvalue weighted by molar-refractivity contribution is 0.438. The average molecular weight is 201 g/mol. The van der Waals surface area contributed by atoms with Crippen LogP contribution in [0.15, 0.2) is 0 Å². The van der Waals surface area contributed by atoms with E-state index >= 15 is 0 Å². The quantitative estimate of drug-likeness (QED) is 0.707. The first-order valence-electron chi connectivity index (χ1n) is 3.80. The van der Waals surface area contributed by atoms with E-state index < -0.39 is 0 Å². The molecule has 0 heterocycles. The van der Waals surface area contributed by atoms with Crippen LogP contribution in [0.1, 0.15) is 25.7 Å². The molecule has 0 aromatic rings. The summed E-state index contributed by atoms with van der Waals surface area (Å²) in [5.41, 5.74) is 11.2. The third-order valence-electron chi connectivity index (χ3n) is 2.28. The van der Waals surface area contributed by atoms with E-state index in [1.54, 1.807) is 0 Å². The van der Waals surface area contributed by atoms with E-state index in [0.717, 1.165) is 5.92 Å². The van der Waals surface area contributed by atoms with Gasteiger partial charge in [-0.05, 0) is 18.8 Å². The second-order valence-corrected chi connectivity index (χ2v) is 2.94. The number of hydrogen-bond donors (Lipinski definition) is 2. The number of hydrogen-bond acceptors (Lipinski definition) is 2. The Balaban J connectivity index is 0. The fraction of sp³-hybridized carbons (Fsp3) is 1.00. The summed E-state index contributed by atoms with van der Waals surface area (Å²) in [4.78, 5) is 0. The van der Waals surface area contributed by atoms with Crippen molar-refractivity contribution in [1.82, 2.24) is 0 Å². The number of halogens is 2. The van der Waals surface area contributed by atoms with Crippen molar-refractivity contribution < 1.29 is 0 Å². The second-order valence-electron chi connectivity index (χ2n) is 2.94. The minimum absolute atomic E-state index is 0. The molecule has 0 radical (unpaired) electrons. The summed E-state index contributed by atoms with van der Waals surface area (Å²) in [6.07, 6.45) is 5.33. The molecule has 0 amide bonds. The van der Waals surface area contributed by atoms with Crippen LogP contribution in [-0.4, -0.2) is 12.6 Å². The van der Waals surface area contributed by atoms with Gasteiger partial charge in [-0.2, -0.15) is 0 Å². The summed E-state index contributed by atoms with van der Waals surface area (Å²) >= 11 is 0. The summed E-state index contributed by atoms with van der Waals surface area (Å²) in [5.74, 6) is 0.731. The van der Waals surface area contributed by atoms with Crippen LogP contribution < -0.4 is 11.5 Å². The van der Waals surface area contributed by atoms with Crippen LogP contribution >= 0.6 is 24.8 Å². The molecule has 1 rings (SSSR count). The van der Waals surface area contributed by atoms with Crippen molar-refractivity contribution in [3.63, 3.8) is 0 Å². The zero-order valence-electron chi connectivity index (χ0n) is 6.66. The van der Waals surface area contributed by atoms with Gasteiger partial charge in [0.15, 0.2) is 0 Å². The first-order chi connectivity index (χ1) is 4.34. The van der Waals surface area contributed by atoms with Crippen LogP contribution in [0, 0.1) is 5.92 Å². The Bertz CT molecular complexity index is 84.5. The molecule has 2 nitrogen and oxygen atoms in total. The van der Waals surface area contributed by atoms with E-state index in [1.165, 1.54) is 25.7 Å². The molecule has 1 aliphatic carbocycles. The fourth-order valence-electron chi connectivity index (χ4n) is 1.58. The van der Waals surface area contributed by atoms with E-state index in [4.69, 9.17) is 11.5 Å². The summed E-state index contributed by atoms with van der Waals surface area (Å²) in [6, 6.07) is 0.271. The van der Waals surface area contributed by atoms with Crippen molar-refractivity contribution in [2.24, 2.45) is 17.4 Å². The topological polar surface area (TPSA) is 52.0 Å². The monoisotopic (exact) mass is 200 g/mol. The van der Waals surface area contributed by atoms with Crippen molar-refractivity contribution >= 4 is 24.8 Å². The third-order valence-corrected chi connectivity index (χ3v) is 2.28. The fourth-order valence-corrected chi connectivity index (χ4v) is 1.58. The van der Waals surface area contributed by atoms with Crippen LogP contribution in [0.3, 0.4) is 0 Å². The Morgan fingerprint density at radius 2 is 1.64 bits per heavy atom. The lowest BCUT2D eigenvalue weighted by Gasteiger charge is -2.15. The molecule has 1 atom stereocenters. The van der Waals surface area contributed by atoms with Crippen molar-refractivity contribution in [3.05, 3.63) is 0 Å². The smallest absolute Gasteiger partial charge is 0.0191 e. The second kappa shape index (κ2) is 7.17. The maximum atomic E-state index is 5.75. The van der Waals surface area contributed by atoms with E-state index in [1.807, 2.05) is 0 Å². The Morgan fingerprint density at radius 1 is 1.18 bits per heavy atom. The lowest BCUT2D eigenvalue weighted by atomic mass is 9.99. The van der Waals surface area contributed by atoms with Gasteiger partial charge in [0.05, 0.1) is 0 Å². The van der Waals surface area contributed by atoms with Gasteiger partial charge in [-0.3, -0.25) is 0 Å². The van der Waals surface area contributed by atoms with Gasteiger partial charge in [0.1, 0.15) is 0 Å². The zero-order valence-corrected chi connectivity index (χ0v) is 8.29. The van der Waals surface area contributed by atoms with Crippen molar-refractivity contribution in [1.29, 1.82) is 0 Å². The summed E-state index contributed by atoms with van der Waals surface area (Å²) < 4.78 is 0. The van der Waals surface area contributed by atoms with Crippen LogP contribution in [0.4, 0.5) is 0 Å². The van der Waals surface area contributed by atoms with Gasteiger partial charge < -0.3 is 11.5 Å². The predicted octanol–water partition coefficient (Wildman–Crippen LogP) is 1.31. The van der Waals surface area contributed by atoms with E-state index in [2.05, 4.69) is 0 Å². The normalized spacial score (nSPS) is 20.2. The molecule has 0 aliphatic heterocycles. The molecule has 4 heteroatoms. The molecule has 1 unspecified atom stereocenters. The highest BCUT2D eigenvalue weighted by atomic mass is 35.5. The highest BCUT2D eigenvalue weighted by molar-refractivity contribution is 5.85. The van der Waals surface area contributed by atoms with E-state index in [0.29, 0.717) is 6.54 Å². The summed E-state index contributed by atoms with van der Waals surface area (Å²) in [7, 11) is 0. The van der Waals surface area contributed by atoms with Crippen LogP contribution in [0.25, 0.3) is 0 Å². The summed E-state index contributed by atoms with van der Waals surface area (Å²) in [5, 5.41) is 0. The highest BCUT2D eigenvalue weighted by Gasteiger charge is 2.20. The molecular weight excluding hydrogens is 183 g/mol. The minimum Gasteiger partial charge on any atom is -0.329 e. The Labute approximate surface area is 80.9 Å². The molecule has 0 aromatic heterocycles. The SMILES string of the molecule is Cl.Cl.NCC(N)C1CCCC1. The molecule has 0 saturated heterocycles. The Kier molecular flexibility index (Phi) is 9.15. The molecule has 0 spiro atoms. The van der Waals surface area contributed by atoms with E-state index in [-0.39, 0.29) is 30.9 Å². The molecule has 4 N–H and O–H groups in total. The number of nitrogens with two attached hydrogens (primary N) is 2. The zero-order chi connectivity index (χ0) is 6.69. The third kappa shape index (κ3) is 4.16. The minimum atomic E-state index is 0. The Morgan fingerprint density at radius 3 is 2.00 bits per heavy atom. The first kappa shape index (κ1) is 14.0. The average Bonchev–Trinajstić information content (AvgIpc) is 2.37. The lowest BCUT2D eigenvalue weighted by Crippen LogP contribution is -2.35. The van der Waals surface area contributed by atoms with Gasteiger partial charge in [0.25, 0.3) is 0 Å². The van der Waals surface area contributed by atoms with Gasteiger partial charge in [-0.1, -0.05) is 12.8 Å². The molecule has 1 aliphatic rings. The number of rotatable bonds is 2. The molecule has 11 heavy (non-hydrogen) atoms. The van der Waals surface area contributed by atoms with Crippen LogP contribution in [0.5, 0.6) is 0 Å². The molecule has 70 valence electrons. The van der Waals surface area contributed by atoms with Gasteiger partial charge in [0.2, 0.25) is 0 Å². The molecule has 0 aromatic carbocycles. The van der Waals surface area contributed by atoms with Gasteiger partial charge in [-0.15, -0.1) is 24.8 Å². The standard InChI is InChI=1S/C7H16N2.2ClH/c8-5-7(9)6-3-1-2-4-6;;/h6-7H,1-5,8-9H2;2*1H.